The van der Waals surface area contributed by atoms with E-state index >= 15 is 0 Å². The van der Waals surface area contributed by atoms with Gasteiger partial charge in [0.05, 0.1) is 0 Å². The Bertz CT molecular complexity index is 37.2. The van der Waals surface area contributed by atoms with Crippen LogP contribution in [-0.4, -0.2) is 13.2 Å². The second-order valence-electron chi connectivity index (χ2n) is 1.97. The van der Waals surface area contributed by atoms with Gasteiger partial charge in [0.2, 0.25) is 0 Å². The van der Waals surface area contributed by atoms with Crippen LogP contribution in [0.4, 0.5) is 0 Å². The summed E-state index contributed by atoms with van der Waals surface area (Å²) in [5.41, 5.74) is 0. The summed E-state index contributed by atoms with van der Waals surface area (Å²) in [7, 11) is 0. The number of ether oxygens (including phenoxy) is 1. The molecule has 0 aliphatic carbocycles. The van der Waals surface area contributed by atoms with Crippen LogP contribution >= 0.6 is 0 Å². The molecule has 1 fully saturated rings. The van der Waals surface area contributed by atoms with Crippen molar-refractivity contribution in [1.82, 2.24) is 0 Å². The third-order valence-corrected chi connectivity index (χ3v) is 1.16. The van der Waals surface area contributed by atoms with Crippen LogP contribution in [0.15, 0.2) is 0 Å². The van der Waals surface area contributed by atoms with Crippen molar-refractivity contribution in [3.63, 3.8) is 0 Å². The van der Waals surface area contributed by atoms with Crippen LogP contribution in [0.5, 0.6) is 0 Å². The van der Waals surface area contributed by atoms with E-state index in [-0.39, 0.29) is 0 Å². The van der Waals surface area contributed by atoms with Crippen LogP contribution in [0.25, 0.3) is 0 Å². The van der Waals surface area contributed by atoms with Crippen molar-refractivity contribution in [2.45, 2.75) is 13.3 Å². The van der Waals surface area contributed by atoms with Crippen molar-refractivity contribution in [2.24, 2.45) is 5.92 Å². The smallest absolute Gasteiger partial charge is 0.0492 e. The van der Waals surface area contributed by atoms with Crippen molar-refractivity contribution in [3.8, 4) is 0 Å². The Hall–Kier alpha value is -0.0400. The van der Waals surface area contributed by atoms with Gasteiger partial charge in [0.1, 0.15) is 0 Å². The summed E-state index contributed by atoms with van der Waals surface area (Å²) in [6, 6.07) is 0. The molecule has 0 aromatic carbocycles. The lowest BCUT2D eigenvalue weighted by atomic mass is 10.2. The highest BCUT2D eigenvalue weighted by molar-refractivity contribution is 4.55. The van der Waals surface area contributed by atoms with Gasteiger partial charge in [-0.25, -0.2) is 0 Å². The highest BCUT2D eigenvalue weighted by Gasteiger charge is 2.07. The summed E-state index contributed by atoms with van der Waals surface area (Å²) in [4.78, 5) is 0. The molecule has 1 nitrogen and oxygen atoms in total. The van der Waals surface area contributed by atoms with Gasteiger partial charge in [-0.1, -0.05) is 6.92 Å². The van der Waals surface area contributed by atoms with E-state index in [0.29, 0.717) is 0 Å². The van der Waals surface area contributed by atoms with Crippen LogP contribution in [0.2, 0.25) is 0 Å². The van der Waals surface area contributed by atoms with E-state index in [1.165, 1.54) is 6.42 Å². The maximum atomic E-state index is 5.06. The molecule has 0 aromatic rings. The molecule has 1 heterocycles. The van der Waals surface area contributed by atoms with E-state index in [1.54, 1.807) is 0 Å². The molecule has 1 unspecified atom stereocenters. The molecule has 1 atom stereocenters. The predicted molar refractivity (Wildman–Crippen MR) is 24.6 cm³/mol. The normalized spacial score (nSPS) is 34.5. The van der Waals surface area contributed by atoms with E-state index in [9.17, 15) is 0 Å². The summed E-state index contributed by atoms with van der Waals surface area (Å²) < 4.78 is 5.06. The average molecular weight is 86.1 g/mol. The fourth-order valence-electron chi connectivity index (χ4n) is 0.652. The Morgan fingerprint density at radius 1 is 1.67 bits per heavy atom. The van der Waals surface area contributed by atoms with Crippen molar-refractivity contribution in [1.29, 1.82) is 0 Å². The maximum absolute atomic E-state index is 5.06. The molecule has 1 aliphatic rings. The van der Waals surface area contributed by atoms with Gasteiger partial charge in [-0.15, -0.1) is 0 Å². The van der Waals surface area contributed by atoms with Crippen molar-refractivity contribution in [3.05, 3.63) is 0 Å². The molecule has 0 spiro atoms. The minimum Gasteiger partial charge on any atom is -0.381 e. The highest BCUT2D eigenvalue weighted by atomic mass is 16.5. The monoisotopic (exact) mass is 86.1 g/mol. The minimum absolute atomic E-state index is 0.824. The van der Waals surface area contributed by atoms with Crippen molar-refractivity contribution < 1.29 is 4.74 Å². The van der Waals surface area contributed by atoms with Crippen LogP contribution < -0.4 is 0 Å². The van der Waals surface area contributed by atoms with E-state index < -0.39 is 0 Å². The first-order valence-electron chi connectivity index (χ1n) is 2.47. The van der Waals surface area contributed by atoms with Crippen molar-refractivity contribution in [2.75, 3.05) is 13.2 Å². The summed E-state index contributed by atoms with van der Waals surface area (Å²) in [5.74, 6) is 0.824. The molecule has 0 N–H and O–H groups in total. The first-order chi connectivity index (χ1) is 2.89. The molecular formula is C5H10O. The highest BCUT2D eigenvalue weighted by Crippen LogP contribution is 2.09. The summed E-state index contributed by atoms with van der Waals surface area (Å²) >= 11 is 0. The molecule has 6 heavy (non-hydrogen) atoms. The lowest BCUT2D eigenvalue weighted by Gasteiger charge is -1.89. The van der Waals surface area contributed by atoms with Gasteiger partial charge in [0, 0.05) is 13.2 Å². The Kier molecular flexibility index (Phi) is 1.10. The number of hydrogen-bond donors (Lipinski definition) is 0. The van der Waals surface area contributed by atoms with Gasteiger partial charge >= 0.3 is 0 Å². The standard InChI is InChI=1S/C5H10O/c1-5-2-3-6-4-5/h5H,2-4H2,1H3. The number of hydrogen-bond acceptors (Lipinski definition) is 1. The van der Waals surface area contributed by atoms with Crippen LogP contribution in [0, 0.1) is 5.92 Å². The molecule has 1 rings (SSSR count). The minimum atomic E-state index is 0.824. The number of rotatable bonds is 0. The van der Waals surface area contributed by atoms with Gasteiger partial charge in [-0.05, 0) is 12.3 Å². The Morgan fingerprint density at radius 3 is 2.67 bits per heavy atom. The molecule has 0 bridgehead atoms. The fraction of sp³-hybridized carbons (Fsp3) is 1.00. The molecule has 0 saturated carbocycles. The van der Waals surface area contributed by atoms with Gasteiger partial charge in [-0.3, -0.25) is 0 Å². The quantitative estimate of drug-likeness (QED) is 0.428. The van der Waals surface area contributed by atoms with E-state index in [0.717, 1.165) is 19.1 Å². The Balaban J connectivity index is 2.18. The van der Waals surface area contributed by atoms with Crippen LogP contribution in [0.3, 0.4) is 0 Å². The topological polar surface area (TPSA) is 9.23 Å². The van der Waals surface area contributed by atoms with Crippen molar-refractivity contribution >= 4 is 0 Å². The van der Waals surface area contributed by atoms with Gasteiger partial charge in [0.15, 0.2) is 0 Å². The van der Waals surface area contributed by atoms with Gasteiger partial charge < -0.3 is 4.74 Å². The van der Waals surface area contributed by atoms with Crippen LogP contribution in [0.1, 0.15) is 13.3 Å². The van der Waals surface area contributed by atoms with Crippen LogP contribution in [-0.2, 0) is 4.74 Å². The molecular weight excluding hydrogens is 76.1 g/mol. The Morgan fingerprint density at radius 2 is 2.50 bits per heavy atom. The zero-order valence-corrected chi connectivity index (χ0v) is 4.11. The molecule has 0 aromatic heterocycles. The van der Waals surface area contributed by atoms with E-state index in [2.05, 4.69) is 6.92 Å². The maximum Gasteiger partial charge on any atom is 0.0492 e. The zero-order chi connectivity index (χ0) is 4.41. The predicted octanol–water partition coefficient (Wildman–Crippen LogP) is 1.04. The van der Waals surface area contributed by atoms with E-state index in [1.807, 2.05) is 0 Å². The lowest BCUT2D eigenvalue weighted by Crippen LogP contribution is -1.88. The average Bonchev–Trinajstić information content (AvgIpc) is 1.86. The van der Waals surface area contributed by atoms with E-state index in [4.69, 9.17) is 4.74 Å². The molecule has 1 saturated heterocycles. The zero-order valence-electron chi connectivity index (χ0n) is 4.11. The van der Waals surface area contributed by atoms with Gasteiger partial charge in [-0.2, -0.15) is 0 Å². The second kappa shape index (κ2) is 1.61. The third kappa shape index (κ3) is 0.716. The van der Waals surface area contributed by atoms with Gasteiger partial charge in [0.25, 0.3) is 0 Å². The fourth-order valence-corrected chi connectivity index (χ4v) is 0.652. The summed E-state index contributed by atoms with van der Waals surface area (Å²) in [6.07, 6.45) is 1.26. The lowest BCUT2D eigenvalue weighted by molar-refractivity contribution is 0.188. The molecule has 1 heteroatoms. The second-order valence-corrected chi connectivity index (χ2v) is 1.97. The third-order valence-electron chi connectivity index (χ3n) is 1.16. The molecule has 0 radical (unpaired) electrons. The summed E-state index contributed by atoms with van der Waals surface area (Å²) in [5, 5.41) is 0. The molecule has 0 amide bonds. The largest absolute Gasteiger partial charge is 0.381 e. The molecule has 1 aliphatic heterocycles. The molecule has 36 valence electrons. The Labute approximate surface area is 38.3 Å². The SMILES string of the molecule is CC1CCOC1. The first kappa shape index (κ1) is 4.13. The first-order valence-corrected chi connectivity index (χ1v) is 2.47. The summed E-state index contributed by atoms with van der Waals surface area (Å²) in [6.45, 7) is 4.19.